The molecule has 0 atom stereocenters. The molecule has 0 unspecified atom stereocenters. The summed E-state index contributed by atoms with van der Waals surface area (Å²) in [4.78, 5) is 4.02. The summed E-state index contributed by atoms with van der Waals surface area (Å²) in [5, 5.41) is 5.04. The van der Waals surface area contributed by atoms with Gasteiger partial charge in [0.15, 0.2) is 5.58 Å². The number of anilines is 2. The molecular formula is C14H11ClN2O. The standard InChI is InChI=1S/C14H11ClN2O/c1-9-2-3-10(15)6-12(9)17-13-8-18-14-7-16-5-4-11(13)14/h2-8,17H,1H3. The highest BCUT2D eigenvalue weighted by Crippen LogP contribution is 2.30. The summed E-state index contributed by atoms with van der Waals surface area (Å²) in [5.41, 5.74) is 3.78. The molecule has 0 amide bonds. The molecule has 3 rings (SSSR count). The number of rotatable bonds is 2. The van der Waals surface area contributed by atoms with E-state index >= 15 is 0 Å². The third-order valence-electron chi connectivity index (χ3n) is 2.85. The van der Waals surface area contributed by atoms with Crippen molar-refractivity contribution in [2.45, 2.75) is 6.92 Å². The van der Waals surface area contributed by atoms with Crippen LogP contribution in [0, 0.1) is 6.92 Å². The topological polar surface area (TPSA) is 38.1 Å². The van der Waals surface area contributed by atoms with E-state index in [-0.39, 0.29) is 0 Å². The minimum Gasteiger partial charge on any atom is -0.460 e. The van der Waals surface area contributed by atoms with Gasteiger partial charge in [-0.1, -0.05) is 17.7 Å². The third kappa shape index (κ3) is 1.93. The third-order valence-corrected chi connectivity index (χ3v) is 3.08. The van der Waals surface area contributed by atoms with E-state index in [1.54, 1.807) is 18.7 Å². The van der Waals surface area contributed by atoms with E-state index in [1.165, 1.54) is 0 Å². The van der Waals surface area contributed by atoms with E-state index in [0.29, 0.717) is 5.02 Å². The largest absolute Gasteiger partial charge is 0.460 e. The van der Waals surface area contributed by atoms with Gasteiger partial charge in [0.1, 0.15) is 6.26 Å². The van der Waals surface area contributed by atoms with Crippen LogP contribution in [0.4, 0.5) is 11.4 Å². The molecular weight excluding hydrogens is 248 g/mol. The van der Waals surface area contributed by atoms with Crippen molar-refractivity contribution in [3.8, 4) is 0 Å². The van der Waals surface area contributed by atoms with Crippen molar-refractivity contribution in [3.05, 3.63) is 53.5 Å². The number of nitrogens with zero attached hydrogens (tertiary/aromatic N) is 1. The molecule has 3 nitrogen and oxygen atoms in total. The van der Waals surface area contributed by atoms with E-state index in [0.717, 1.165) is 27.9 Å². The molecule has 3 aromatic rings. The van der Waals surface area contributed by atoms with Crippen molar-refractivity contribution < 1.29 is 4.42 Å². The summed E-state index contributed by atoms with van der Waals surface area (Å²) >= 11 is 6.00. The predicted octanol–water partition coefficient (Wildman–Crippen LogP) is 4.53. The number of fused-ring (bicyclic) bond motifs is 1. The van der Waals surface area contributed by atoms with Crippen molar-refractivity contribution in [1.82, 2.24) is 4.98 Å². The van der Waals surface area contributed by atoms with Gasteiger partial charge in [-0.05, 0) is 30.7 Å². The number of aromatic nitrogens is 1. The van der Waals surface area contributed by atoms with Crippen LogP contribution in [0.15, 0.2) is 47.3 Å². The molecule has 0 aliphatic heterocycles. The second-order valence-corrected chi connectivity index (χ2v) is 4.54. The highest BCUT2D eigenvalue weighted by Gasteiger charge is 2.07. The molecule has 0 aliphatic carbocycles. The van der Waals surface area contributed by atoms with Gasteiger partial charge in [-0.3, -0.25) is 4.98 Å². The summed E-state index contributed by atoms with van der Waals surface area (Å²) in [5.74, 6) is 0. The van der Waals surface area contributed by atoms with Gasteiger partial charge in [0.05, 0.1) is 11.9 Å². The minimum absolute atomic E-state index is 0.706. The molecule has 0 fully saturated rings. The Bertz CT molecular complexity index is 706. The van der Waals surface area contributed by atoms with Crippen LogP contribution in [0.2, 0.25) is 5.02 Å². The van der Waals surface area contributed by atoms with E-state index in [1.807, 2.05) is 31.2 Å². The Hall–Kier alpha value is -2.00. The Morgan fingerprint density at radius 2 is 2.11 bits per heavy atom. The fourth-order valence-corrected chi connectivity index (χ4v) is 2.03. The van der Waals surface area contributed by atoms with Crippen LogP contribution in [0.25, 0.3) is 11.0 Å². The smallest absolute Gasteiger partial charge is 0.154 e. The molecule has 4 heteroatoms. The molecule has 0 radical (unpaired) electrons. The first-order valence-corrected chi connectivity index (χ1v) is 5.96. The van der Waals surface area contributed by atoms with Gasteiger partial charge in [-0.2, -0.15) is 0 Å². The van der Waals surface area contributed by atoms with Crippen LogP contribution in [0.3, 0.4) is 0 Å². The number of benzene rings is 1. The first kappa shape index (κ1) is 11.1. The van der Waals surface area contributed by atoms with Crippen LogP contribution in [-0.2, 0) is 0 Å². The molecule has 90 valence electrons. The highest BCUT2D eigenvalue weighted by atomic mass is 35.5. The first-order chi connectivity index (χ1) is 8.74. The van der Waals surface area contributed by atoms with Gasteiger partial charge in [-0.25, -0.2) is 0 Å². The SMILES string of the molecule is Cc1ccc(Cl)cc1Nc1coc2cnccc12. The number of hydrogen-bond donors (Lipinski definition) is 1. The quantitative estimate of drug-likeness (QED) is 0.734. The van der Waals surface area contributed by atoms with Crippen molar-refractivity contribution in [2.24, 2.45) is 0 Å². The Kier molecular flexibility index (Phi) is 2.68. The molecule has 0 aliphatic rings. The monoisotopic (exact) mass is 258 g/mol. The van der Waals surface area contributed by atoms with Crippen molar-refractivity contribution >= 4 is 33.9 Å². The average molecular weight is 259 g/mol. The molecule has 1 N–H and O–H groups in total. The van der Waals surface area contributed by atoms with E-state index < -0.39 is 0 Å². The van der Waals surface area contributed by atoms with Gasteiger partial charge >= 0.3 is 0 Å². The average Bonchev–Trinajstić information content (AvgIpc) is 2.78. The number of nitrogens with one attached hydrogen (secondary N) is 1. The Morgan fingerprint density at radius 3 is 3.00 bits per heavy atom. The predicted molar refractivity (Wildman–Crippen MR) is 73.5 cm³/mol. The van der Waals surface area contributed by atoms with Crippen LogP contribution >= 0.6 is 11.6 Å². The molecule has 18 heavy (non-hydrogen) atoms. The van der Waals surface area contributed by atoms with Crippen LogP contribution in [0.1, 0.15) is 5.56 Å². The summed E-state index contributed by atoms with van der Waals surface area (Å²) < 4.78 is 5.43. The summed E-state index contributed by atoms with van der Waals surface area (Å²) in [7, 11) is 0. The lowest BCUT2D eigenvalue weighted by molar-refractivity contribution is 0.615. The highest BCUT2D eigenvalue weighted by molar-refractivity contribution is 6.30. The number of hydrogen-bond acceptors (Lipinski definition) is 3. The van der Waals surface area contributed by atoms with E-state index in [2.05, 4.69) is 10.3 Å². The van der Waals surface area contributed by atoms with E-state index in [4.69, 9.17) is 16.0 Å². The Balaban J connectivity index is 2.04. The van der Waals surface area contributed by atoms with Gasteiger partial charge in [0.2, 0.25) is 0 Å². The molecule has 0 saturated carbocycles. The maximum Gasteiger partial charge on any atom is 0.154 e. The van der Waals surface area contributed by atoms with Gasteiger partial charge in [0, 0.05) is 22.3 Å². The second-order valence-electron chi connectivity index (χ2n) is 4.11. The lowest BCUT2D eigenvalue weighted by Gasteiger charge is -2.08. The van der Waals surface area contributed by atoms with E-state index in [9.17, 15) is 0 Å². The number of pyridine rings is 1. The molecule has 1 aromatic carbocycles. The minimum atomic E-state index is 0.706. The van der Waals surface area contributed by atoms with Crippen molar-refractivity contribution in [1.29, 1.82) is 0 Å². The van der Waals surface area contributed by atoms with Gasteiger partial charge in [-0.15, -0.1) is 0 Å². The lowest BCUT2D eigenvalue weighted by Crippen LogP contribution is -1.92. The number of aryl methyl sites for hydroxylation is 1. The lowest BCUT2D eigenvalue weighted by atomic mass is 10.2. The maximum atomic E-state index is 6.00. The number of furan rings is 1. The summed E-state index contributed by atoms with van der Waals surface area (Å²) in [6, 6.07) is 7.67. The van der Waals surface area contributed by atoms with Crippen molar-refractivity contribution in [2.75, 3.05) is 5.32 Å². The molecule has 2 aromatic heterocycles. The Labute approximate surface area is 109 Å². The second kappa shape index (κ2) is 4.35. The fraction of sp³-hybridized carbons (Fsp3) is 0.0714. The number of halogens is 1. The molecule has 0 bridgehead atoms. The van der Waals surface area contributed by atoms with Gasteiger partial charge in [0.25, 0.3) is 0 Å². The van der Waals surface area contributed by atoms with Crippen LogP contribution < -0.4 is 5.32 Å². The van der Waals surface area contributed by atoms with Crippen LogP contribution in [0.5, 0.6) is 0 Å². The zero-order chi connectivity index (χ0) is 12.5. The summed E-state index contributed by atoms with van der Waals surface area (Å²) in [6.45, 7) is 2.03. The maximum absolute atomic E-state index is 6.00. The molecule has 0 spiro atoms. The molecule has 0 saturated heterocycles. The zero-order valence-electron chi connectivity index (χ0n) is 9.77. The van der Waals surface area contributed by atoms with Crippen LogP contribution in [-0.4, -0.2) is 4.98 Å². The fourth-order valence-electron chi connectivity index (χ4n) is 1.85. The zero-order valence-corrected chi connectivity index (χ0v) is 10.5. The van der Waals surface area contributed by atoms with Gasteiger partial charge < -0.3 is 9.73 Å². The Morgan fingerprint density at radius 1 is 1.22 bits per heavy atom. The normalized spacial score (nSPS) is 10.8. The van der Waals surface area contributed by atoms with Crippen molar-refractivity contribution in [3.63, 3.8) is 0 Å². The first-order valence-electron chi connectivity index (χ1n) is 5.58. The summed E-state index contributed by atoms with van der Waals surface area (Å²) in [6.07, 6.45) is 5.13. The molecule has 2 heterocycles.